The summed E-state index contributed by atoms with van der Waals surface area (Å²) in [4.78, 5) is 13.9. The fourth-order valence-electron chi connectivity index (χ4n) is 1.25. The molecule has 6 nitrogen and oxygen atoms in total. The van der Waals surface area contributed by atoms with Gasteiger partial charge in [-0.3, -0.25) is 10.1 Å². The second-order valence-corrected chi connectivity index (χ2v) is 3.28. The van der Waals surface area contributed by atoms with Crippen molar-refractivity contribution in [3.63, 3.8) is 0 Å². The van der Waals surface area contributed by atoms with Crippen molar-refractivity contribution in [2.45, 2.75) is 0 Å². The highest BCUT2D eigenvalue weighted by molar-refractivity contribution is 5.41. The molecule has 0 aliphatic heterocycles. The van der Waals surface area contributed by atoms with Crippen LogP contribution in [0.5, 0.6) is 11.5 Å². The minimum atomic E-state index is -0.478. The Bertz CT molecular complexity index is 540. The molecule has 6 heteroatoms. The van der Waals surface area contributed by atoms with Crippen molar-refractivity contribution in [2.24, 2.45) is 0 Å². The molecule has 86 valence electrons. The molecular formula is C11H9N3O3. The maximum absolute atomic E-state index is 10.6. The van der Waals surface area contributed by atoms with E-state index in [0.717, 1.165) is 0 Å². The quantitative estimate of drug-likeness (QED) is 0.646. The van der Waals surface area contributed by atoms with Crippen LogP contribution in [0.2, 0.25) is 0 Å². The Morgan fingerprint density at radius 3 is 2.71 bits per heavy atom. The molecule has 0 aliphatic carbocycles. The minimum Gasteiger partial charge on any atom is -0.455 e. The first-order valence-electron chi connectivity index (χ1n) is 4.79. The van der Waals surface area contributed by atoms with Crippen LogP contribution in [-0.4, -0.2) is 9.91 Å². The van der Waals surface area contributed by atoms with Crippen molar-refractivity contribution < 1.29 is 9.66 Å². The molecule has 0 saturated carbocycles. The summed E-state index contributed by atoms with van der Waals surface area (Å²) in [6, 6.07) is 9.15. The van der Waals surface area contributed by atoms with E-state index in [2.05, 4.69) is 4.98 Å². The summed E-state index contributed by atoms with van der Waals surface area (Å²) in [5.41, 5.74) is 5.41. The van der Waals surface area contributed by atoms with Gasteiger partial charge in [-0.05, 0) is 18.2 Å². The molecule has 0 radical (unpaired) electrons. The van der Waals surface area contributed by atoms with E-state index in [4.69, 9.17) is 10.5 Å². The third-order valence-corrected chi connectivity index (χ3v) is 2.02. The van der Waals surface area contributed by atoms with Crippen LogP contribution in [0, 0.1) is 10.1 Å². The van der Waals surface area contributed by atoms with Gasteiger partial charge in [0.25, 0.3) is 5.69 Å². The SMILES string of the molecule is Nc1ccc(Oc2cccc([N+](=O)[O-])c2)cn1. The van der Waals surface area contributed by atoms with Gasteiger partial charge < -0.3 is 10.5 Å². The molecule has 1 aromatic carbocycles. The topological polar surface area (TPSA) is 91.3 Å². The summed E-state index contributed by atoms with van der Waals surface area (Å²) in [5, 5.41) is 10.6. The van der Waals surface area contributed by atoms with Crippen molar-refractivity contribution in [3.05, 3.63) is 52.7 Å². The maximum atomic E-state index is 10.6. The summed E-state index contributed by atoms with van der Waals surface area (Å²) in [6.45, 7) is 0. The van der Waals surface area contributed by atoms with Crippen LogP contribution < -0.4 is 10.5 Å². The Balaban J connectivity index is 2.21. The van der Waals surface area contributed by atoms with E-state index in [1.807, 2.05) is 0 Å². The van der Waals surface area contributed by atoms with Crippen LogP contribution in [0.4, 0.5) is 11.5 Å². The Kier molecular flexibility index (Phi) is 2.87. The lowest BCUT2D eigenvalue weighted by molar-refractivity contribution is -0.384. The Morgan fingerprint density at radius 1 is 1.24 bits per heavy atom. The van der Waals surface area contributed by atoms with E-state index in [1.165, 1.54) is 18.3 Å². The number of ether oxygens (including phenoxy) is 1. The lowest BCUT2D eigenvalue weighted by Gasteiger charge is -2.04. The number of nitrogens with zero attached hydrogens (tertiary/aromatic N) is 2. The lowest BCUT2D eigenvalue weighted by atomic mass is 10.3. The fourth-order valence-corrected chi connectivity index (χ4v) is 1.25. The first-order chi connectivity index (χ1) is 8.15. The zero-order valence-corrected chi connectivity index (χ0v) is 8.74. The number of nitro groups is 1. The predicted molar refractivity (Wildman–Crippen MR) is 61.8 cm³/mol. The molecule has 1 aromatic heterocycles. The minimum absolute atomic E-state index is 0.0223. The van der Waals surface area contributed by atoms with Crippen molar-refractivity contribution in [3.8, 4) is 11.5 Å². The lowest BCUT2D eigenvalue weighted by Crippen LogP contribution is -1.91. The molecule has 0 unspecified atom stereocenters. The zero-order chi connectivity index (χ0) is 12.3. The van der Waals surface area contributed by atoms with Crippen LogP contribution in [-0.2, 0) is 0 Å². The number of rotatable bonds is 3. The van der Waals surface area contributed by atoms with Gasteiger partial charge in [-0.25, -0.2) is 4.98 Å². The molecule has 0 fully saturated rings. The maximum Gasteiger partial charge on any atom is 0.273 e. The van der Waals surface area contributed by atoms with Crippen LogP contribution in [0.15, 0.2) is 42.6 Å². The highest BCUT2D eigenvalue weighted by atomic mass is 16.6. The van der Waals surface area contributed by atoms with Crippen LogP contribution in [0.1, 0.15) is 0 Å². The molecule has 2 N–H and O–H groups in total. The van der Waals surface area contributed by atoms with E-state index < -0.39 is 4.92 Å². The van der Waals surface area contributed by atoms with Crippen LogP contribution >= 0.6 is 0 Å². The normalized spacial score (nSPS) is 9.88. The average Bonchev–Trinajstić information content (AvgIpc) is 2.32. The number of nitro benzene ring substituents is 1. The molecule has 0 aliphatic rings. The van der Waals surface area contributed by atoms with Crippen LogP contribution in [0.3, 0.4) is 0 Å². The van der Waals surface area contributed by atoms with E-state index >= 15 is 0 Å². The van der Waals surface area contributed by atoms with Gasteiger partial charge in [-0.2, -0.15) is 0 Å². The fraction of sp³-hybridized carbons (Fsp3) is 0. The summed E-state index contributed by atoms with van der Waals surface area (Å²) < 4.78 is 5.40. The van der Waals surface area contributed by atoms with E-state index in [1.54, 1.807) is 24.3 Å². The molecule has 0 spiro atoms. The second kappa shape index (κ2) is 4.48. The van der Waals surface area contributed by atoms with E-state index in [-0.39, 0.29) is 5.69 Å². The van der Waals surface area contributed by atoms with Gasteiger partial charge in [0.15, 0.2) is 0 Å². The van der Waals surface area contributed by atoms with Gasteiger partial charge in [-0.1, -0.05) is 6.07 Å². The second-order valence-electron chi connectivity index (χ2n) is 3.28. The molecule has 0 saturated heterocycles. The molecular weight excluding hydrogens is 222 g/mol. The zero-order valence-electron chi connectivity index (χ0n) is 8.74. The number of hydrogen-bond donors (Lipinski definition) is 1. The standard InChI is InChI=1S/C11H9N3O3/c12-11-5-4-10(7-13-11)17-9-3-1-2-8(6-9)14(15)16/h1-7H,(H2,12,13). The number of pyridine rings is 1. The average molecular weight is 231 g/mol. The van der Waals surface area contributed by atoms with Crippen molar-refractivity contribution in [1.82, 2.24) is 4.98 Å². The third kappa shape index (κ3) is 2.69. The molecule has 0 atom stereocenters. The molecule has 2 rings (SSSR count). The molecule has 0 bridgehead atoms. The van der Waals surface area contributed by atoms with Gasteiger partial charge in [0, 0.05) is 6.07 Å². The number of anilines is 1. The number of non-ortho nitro benzene ring substituents is 1. The summed E-state index contributed by atoms with van der Waals surface area (Å²) >= 11 is 0. The summed E-state index contributed by atoms with van der Waals surface area (Å²) in [7, 11) is 0. The Labute approximate surface area is 96.8 Å². The van der Waals surface area contributed by atoms with Gasteiger partial charge in [-0.15, -0.1) is 0 Å². The number of hydrogen-bond acceptors (Lipinski definition) is 5. The number of nitrogens with two attached hydrogens (primary N) is 1. The first kappa shape index (κ1) is 10.9. The molecule has 1 heterocycles. The first-order valence-corrected chi connectivity index (χ1v) is 4.79. The Hall–Kier alpha value is -2.63. The number of benzene rings is 1. The van der Waals surface area contributed by atoms with Crippen LogP contribution in [0.25, 0.3) is 0 Å². The highest BCUT2D eigenvalue weighted by Gasteiger charge is 2.06. The largest absolute Gasteiger partial charge is 0.455 e. The molecule has 17 heavy (non-hydrogen) atoms. The van der Waals surface area contributed by atoms with Gasteiger partial charge >= 0.3 is 0 Å². The third-order valence-electron chi connectivity index (χ3n) is 2.02. The highest BCUT2D eigenvalue weighted by Crippen LogP contribution is 2.24. The van der Waals surface area contributed by atoms with E-state index in [9.17, 15) is 10.1 Å². The van der Waals surface area contributed by atoms with Crippen molar-refractivity contribution in [1.29, 1.82) is 0 Å². The van der Waals surface area contributed by atoms with Gasteiger partial charge in [0.2, 0.25) is 0 Å². The summed E-state index contributed by atoms with van der Waals surface area (Å²) in [5.74, 6) is 1.24. The monoisotopic (exact) mass is 231 g/mol. The van der Waals surface area contributed by atoms with Crippen molar-refractivity contribution in [2.75, 3.05) is 5.73 Å². The molecule has 2 aromatic rings. The summed E-state index contributed by atoms with van der Waals surface area (Å²) in [6.07, 6.45) is 1.45. The molecule has 0 amide bonds. The van der Waals surface area contributed by atoms with Gasteiger partial charge in [0.1, 0.15) is 17.3 Å². The van der Waals surface area contributed by atoms with Gasteiger partial charge in [0.05, 0.1) is 17.2 Å². The Morgan fingerprint density at radius 2 is 2.06 bits per heavy atom. The van der Waals surface area contributed by atoms with E-state index in [0.29, 0.717) is 17.3 Å². The van der Waals surface area contributed by atoms with Crippen molar-refractivity contribution >= 4 is 11.5 Å². The predicted octanol–water partition coefficient (Wildman–Crippen LogP) is 2.36. The number of aromatic nitrogens is 1. The smallest absolute Gasteiger partial charge is 0.273 e. The number of nitrogen functional groups attached to an aromatic ring is 1.